The van der Waals surface area contributed by atoms with E-state index in [1.807, 2.05) is 0 Å². The third-order valence-corrected chi connectivity index (χ3v) is 0.638. The molecule has 1 atom stereocenters. The first-order valence-corrected chi connectivity index (χ1v) is 1.93. The minimum Gasteiger partial charge on any atom is -0.327 e. The third-order valence-electron chi connectivity index (χ3n) is 0.368. The summed E-state index contributed by atoms with van der Waals surface area (Å²) in [4.78, 5) is 0. The molecule has 0 fully saturated rings. The predicted octanol–water partition coefficient (Wildman–Crippen LogP) is -0.909. The van der Waals surface area contributed by atoms with Crippen LogP contribution in [0.2, 0.25) is 0 Å². The Hall–Kier alpha value is 0.230. The van der Waals surface area contributed by atoms with Crippen LogP contribution in [-0.4, -0.2) is 12.8 Å². The molecule has 0 amide bonds. The SMILES string of the molecule is NCC(N)OS. The summed E-state index contributed by atoms with van der Waals surface area (Å²) in [6.07, 6.45) is -0.423. The van der Waals surface area contributed by atoms with Crippen molar-refractivity contribution in [3.05, 3.63) is 0 Å². The molecule has 38 valence electrons. The van der Waals surface area contributed by atoms with Crippen molar-refractivity contribution in [3.63, 3.8) is 0 Å². The second-order valence-electron chi connectivity index (χ2n) is 0.880. The van der Waals surface area contributed by atoms with E-state index < -0.39 is 6.23 Å². The summed E-state index contributed by atoms with van der Waals surface area (Å²) in [5.74, 6) is 0. The van der Waals surface area contributed by atoms with Crippen molar-refractivity contribution in [2.75, 3.05) is 6.54 Å². The van der Waals surface area contributed by atoms with Crippen LogP contribution in [0.5, 0.6) is 0 Å². The van der Waals surface area contributed by atoms with Crippen LogP contribution in [0.15, 0.2) is 0 Å². The van der Waals surface area contributed by atoms with Crippen LogP contribution in [-0.2, 0) is 4.18 Å². The average molecular weight is 108 g/mol. The molecule has 0 bridgehead atoms. The molecule has 6 heavy (non-hydrogen) atoms. The fourth-order valence-electron chi connectivity index (χ4n) is 0.0430. The first kappa shape index (κ1) is 6.23. The molecule has 1 unspecified atom stereocenters. The Kier molecular flexibility index (Phi) is 3.55. The molecule has 0 aromatic heterocycles. The van der Waals surface area contributed by atoms with Crippen molar-refractivity contribution in [3.8, 4) is 0 Å². The van der Waals surface area contributed by atoms with Crippen LogP contribution in [0.25, 0.3) is 0 Å². The molecule has 3 nitrogen and oxygen atoms in total. The quantitative estimate of drug-likeness (QED) is 0.244. The van der Waals surface area contributed by atoms with Gasteiger partial charge in [-0.1, -0.05) is 0 Å². The lowest BCUT2D eigenvalue weighted by atomic mass is 10.6. The standard InChI is InChI=1S/C2H8N2OS/c3-1-2(4)5-6/h2,6H,1,3-4H2. The van der Waals surface area contributed by atoms with Gasteiger partial charge < -0.3 is 11.5 Å². The molecule has 0 aliphatic carbocycles. The minimum atomic E-state index is -0.423. The molecule has 0 rings (SSSR count). The first-order chi connectivity index (χ1) is 2.81. The fourth-order valence-corrected chi connectivity index (χ4v) is 0.129. The van der Waals surface area contributed by atoms with Gasteiger partial charge in [-0.15, -0.1) is 0 Å². The largest absolute Gasteiger partial charge is 0.327 e. The van der Waals surface area contributed by atoms with Gasteiger partial charge in [0.15, 0.2) is 0 Å². The first-order valence-electron chi connectivity index (χ1n) is 1.57. The van der Waals surface area contributed by atoms with E-state index in [0.29, 0.717) is 6.54 Å². The van der Waals surface area contributed by atoms with Crippen molar-refractivity contribution in [2.45, 2.75) is 6.23 Å². The predicted molar refractivity (Wildman–Crippen MR) is 27.1 cm³/mol. The van der Waals surface area contributed by atoms with Crippen molar-refractivity contribution >= 4 is 12.9 Å². The zero-order chi connectivity index (χ0) is 4.99. The molecule has 0 aromatic carbocycles. The van der Waals surface area contributed by atoms with Gasteiger partial charge in [-0.3, -0.25) is 4.18 Å². The van der Waals surface area contributed by atoms with Crippen molar-refractivity contribution in [1.82, 2.24) is 0 Å². The number of hydrogen-bond donors (Lipinski definition) is 3. The lowest BCUT2D eigenvalue weighted by Crippen LogP contribution is -2.29. The lowest BCUT2D eigenvalue weighted by molar-refractivity contribution is 0.266. The summed E-state index contributed by atoms with van der Waals surface area (Å²) in [5, 5.41) is 0. The van der Waals surface area contributed by atoms with E-state index in [-0.39, 0.29) is 0 Å². The molecule has 4 heteroatoms. The zero-order valence-corrected chi connectivity index (χ0v) is 4.19. The van der Waals surface area contributed by atoms with Crippen LogP contribution >= 0.6 is 12.9 Å². The second-order valence-corrected chi connectivity index (χ2v) is 1.09. The Morgan fingerprint density at radius 3 is 2.33 bits per heavy atom. The highest BCUT2D eigenvalue weighted by Gasteiger charge is 1.90. The molecule has 0 aromatic rings. The second kappa shape index (κ2) is 3.42. The highest BCUT2D eigenvalue weighted by Crippen LogP contribution is 1.79. The smallest absolute Gasteiger partial charge is 0.132 e. The van der Waals surface area contributed by atoms with E-state index in [2.05, 4.69) is 17.1 Å². The van der Waals surface area contributed by atoms with Gasteiger partial charge in [0.05, 0.1) is 0 Å². The van der Waals surface area contributed by atoms with Gasteiger partial charge in [0.1, 0.15) is 6.23 Å². The maximum Gasteiger partial charge on any atom is 0.132 e. The summed E-state index contributed by atoms with van der Waals surface area (Å²) in [6, 6.07) is 0. The van der Waals surface area contributed by atoms with Gasteiger partial charge in [0, 0.05) is 6.54 Å². The van der Waals surface area contributed by atoms with Crippen molar-refractivity contribution < 1.29 is 4.18 Å². The molecular formula is C2H8N2OS. The summed E-state index contributed by atoms with van der Waals surface area (Å²) >= 11 is 3.39. The van der Waals surface area contributed by atoms with Gasteiger partial charge in [0.2, 0.25) is 0 Å². The van der Waals surface area contributed by atoms with E-state index in [4.69, 9.17) is 11.5 Å². The summed E-state index contributed by atoms with van der Waals surface area (Å²) in [6.45, 7) is 0.309. The average Bonchev–Trinajstić information content (AvgIpc) is 1.65. The fraction of sp³-hybridized carbons (Fsp3) is 1.00. The lowest BCUT2D eigenvalue weighted by Gasteiger charge is -2.00. The molecule has 4 N–H and O–H groups in total. The van der Waals surface area contributed by atoms with Crippen molar-refractivity contribution in [2.24, 2.45) is 11.5 Å². The Morgan fingerprint density at radius 1 is 1.83 bits per heavy atom. The summed E-state index contributed by atoms with van der Waals surface area (Å²) in [5.41, 5.74) is 10.0. The normalized spacial score (nSPS) is 14.5. The Labute approximate surface area is 42.3 Å². The Balaban J connectivity index is 2.75. The topological polar surface area (TPSA) is 61.3 Å². The van der Waals surface area contributed by atoms with Crippen LogP contribution in [0, 0.1) is 0 Å². The Bertz CT molecular complexity index is 30.7. The molecule has 0 spiro atoms. The molecule has 0 radical (unpaired) electrons. The van der Waals surface area contributed by atoms with Crippen LogP contribution in [0.3, 0.4) is 0 Å². The van der Waals surface area contributed by atoms with Crippen LogP contribution < -0.4 is 11.5 Å². The van der Waals surface area contributed by atoms with Crippen LogP contribution in [0.1, 0.15) is 0 Å². The van der Waals surface area contributed by atoms with Gasteiger partial charge in [0.25, 0.3) is 0 Å². The molecule has 0 aliphatic rings. The third kappa shape index (κ3) is 2.47. The van der Waals surface area contributed by atoms with Gasteiger partial charge in [-0.05, 0) is 12.9 Å². The monoisotopic (exact) mass is 108 g/mol. The van der Waals surface area contributed by atoms with E-state index in [1.165, 1.54) is 0 Å². The zero-order valence-electron chi connectivity index (χ0n) is 3.29. The van der Waals surface area contributed by atoms with E-state index in [0.717, 1.165) is 0 Å². The number of hydrogen-bond acceptors (Lipinski definition) is 4. The summed E-state index contributed by atoms with van der Waals surface area (Å²) in [7, 11) is 0. The number of nitrogens with two attached hydrogens (primary N) is 2. The number of rotatable bonds is 2. The van der Waals surface area contributed by atoms with Gasteiger partial charge >= 0.3 is 0 Å². The van der Waals surface area contributed by atoms with Crippen LogP contribution in [0.4, 0.5) is 0 Å². The molecule has 0 heterocycles. The molecule has 0 saturated carbocycles. The van der Waals surface area contributed by atoms with E-state index in [1.54, 1.807) is 0 Å². The maximum absolute atomic E-state index is 5.05. The van der Waals surface area contributed by atoms with Crippen molar-refractivity contribution in [1.29, 1.82) is 0 Å². The molecule has 0 aliphatic heterocycles. The highest BCUT2D eigenvalue weighted by molar-refractivity contribution is 7.75. The van der Waals surface area contributed by atoms with E-state index >= 15 is 0 Å². The van der Waals surface area contributed by atoms with Gasteiger partial charge in [-0.25, -0.2) is 0 Å². The number of thiol groups is 1. The van der Waals surface area contributed by atoms with Gasteiger partial charge in [-0.2, -0.15) is 0 Å². The highest BCUT2D eigenvalue weighted by atomic mass is 32.1. The van der Waals surface area contributed by atoms with E-state index in [9.17, 15) is 0 Å². The minimum absolute atomic E-state index is 0.309. The molecular weight excluding hydrogens is 100 g/mol. The summed E-state index contributed by atoms with van der Waals surface area (Å²) < 4.78 is 4.25. The Morgan fingerprint density at radius 2 is 2.33 bits per heavy atom. The molecule has 0 saturated heterocycles. The maximum atomic E-state index is 5.05.